The summed E-state index contributed by atoms with van der Waals surface area (Å²) < 4.78 is 5.16. The Morgan fingerprint density at radius 2 is 1.90 bits per heavy atom. The number of halogens is 1. The number of hydrogen-bond acceptors (Lipinski definition) is 7. The number of hydrogen-bond donors (Lipinski definition) is 1. The highest BCUT2D eigenvalue weighted by atomic mass is 35.5. The third-order valence-corrected chi connectivity index (χ3v) is 5.65. The van der Waals surface area contributed by atoms with E-state index in [4.69, 9.17) is 16.3 Å². The van der Waals surface area contributed by atoms with Crippen LogP contribution >= 0.6 is 22.9 Å². The predicted molar refractivity (Wildman–Crippen MR) is 116 cm³/mol. The van der Waals surface area contributed by atoms with Crippen LogP contribution in [0.25, 0.3) is 0 Å². The van der Waals surface area contributed by atoms with E-state index < -0.39 is 0 Å². The summed E-state index contributed by atoms with van der Waals surface area (Å²) in [6.45, 7) is 2.70. The molecule has 1 amide bonds. The average Bonchev–Trinajstić information content (AvgIpc) is 3.23. The fourth-order valence-electron chi connectivity index (χ4n) is 3.08. The van der Waals surface area contributed by atoms with Crippen molar-refractivity contribution >= 4 is 45.5 Å². The van der Waals surface area contributed by atoms with Crippen LogP contribution in [0.2, 0.25) is 5.02 Å². The number of carbonyl (C=O) groups excluding carboxylic acids is 1. The Morgan fingerprint density at radius 1 is 1.14 bits per heavy atom. The van der Waals surface area contributed by atoms with Crippen molar-refractivity contribution in [2.75, 3.05) is 43.5 Å². The number of nitrogens with one attached hydrogen (secondary N) is 1. The van der Waals surface area contributed by atoms with Crippen molar-refractivity contribution in [2.45, 2.75) is 0 Å². The number of amides is 1. The number of carbonyl (C=O) groups is 1. The number of ether oxygens (including phenoxy) is 1. The molecule has 1 aliphatic rings. The van der Waals surface area contributed by atoms with Gasteiger partial charge in [-0.2, -0.15) is 0 Å². The van der Waals surface area contributed by atoms with Crippen LogP contribution in [0.15, 0.2) is 48.0 Å². The second kappa shape index (κ2) is 8.67. The van der Waals surface area contributed by atoms with Crippen LogP contribution < -0.4 is 15.0 Å². The molecule has 0 atom stereocenters. The van der Waals surface area contributed by atoms with Crippen LogP contribution in [0.5, 0.6) is 5.75 Å². The number of benzene rings is 1. The number of rotatable bonds is 5. The molecule has 0 spiro atoms. The number of aromatic nitrogens is 2. The van der Waals surface area contributed by atoms with E-state index in [-0.39, 0.29) is 5.91 Å². The molecule has 1 saturated heterocycles. The molecule has 4 rings (SSSR count). The minimum atomic E-state index is -0.0484. The Morgan fingerprint density at radius 3 is 2.55 bits per heavy atom. The van der Waals surface area contributed by atoms with Gasteiger partial charge < -0.3 is 19.9 Å². The Kier molecular flexibility index (Phi) is 5.82. The number of methoxy groups -OCH3 is 1. The van der Waals surface area contributed by atoms with Crippen LogP contribution in [0.1, 0.15) is 10.5 Å². The van der Waals surface area contributed by atoms with E-state index in [0.29, 0.717) is 28.9 Å². The number of anilines is 3. The molecule has 1 fully saturated rings. The minimum Gasteiger partial charge on any atom is -0.497 e. The lowest BCUT2D eigenvalue weighted by molar-refractivity contribution is 0.0741. The monoisotopic (exact) mass is 429 g/mol. The van der Waals surface area contributed by atoms with E-state index in [0.717, 1.165) is 30.3 Å². The van der Waals surface area contributed by atoms with Gasteiger partial charge in [-0.3, -0.25) is 4.79 Å². The molecule has 150 valence electrons. The fraction of sp³-hybridized carbons (Fsp3) is 0.250. The normalized spacial score (nSPS) is 14.0. The number of nitrogens with zero attached hydrogens (tertiary/aromatic N) is 4. The summed E-state index contributed by atoms with van der Waals surface area (Å²) in [5.41, 5.74) is 1.35. The largest absolute Gasteiger partial charge is 0.497 e. The quantitative estimate of drug-likeness (QED) is 0.663. The van der Waals surface area contributed by atoms with Crippen molar-refractivity contribution in [3.05, 3.63) is 58.7 Å². The predicted octanol–water partition coefficient (Wildman–Crippen LogP) is 3.91. The number of thiazole rings is 1. The summed E-state index contributed by atoms with van der Waals surface area (Å²) >= 11 is 7.31. The molecule has 0 bridgehead atoms. The van der Waals surface area contributed by atoms with Gasteiger partial charge in [0, 0.05) is 43.4 Å². The molecule has 3 heterocycles. The van der Waals surface area contributed by atoms with Crippen molar-refractivity contribution in [1.82, 2.24) is 14.9 Å². The molecule has 1 aromatic carbocycles. The van der Waals surface area contributed by atoms with Crippen LogP contribution in [-0.2, 0) is 0 Å². The zero-order valence-corrected chi connectivity index (χ0v) is 17.4. The van der Waals surface area contributed by atoms with E-state index in [1.54, 1.807) is 18.7 Å². The van der Waals surface area contributed by atoms with E-state index >= 15 is 0 Å². The molecule has 0 radical (unpaired) electrons. The maximum atomic E-state index is 12.8. The summed E-state index contributed by atoms with van der Waals surface area (Å²) in [6, 6.07) is 11.3. The molecular formula is C20H20ClN5O2S. The van der Waals surface area contributed by atoms with Crippen LogP contribution in [0, 0.1) is 0 Å². The smallest absolute Gasteiger partial charge is 0.273 e. The summed E-state index contributed by atoms with van der Waals surface area (Å²) in [7, 11) is 1.63. The van der Waals surface area contributed by atoms with Gasteiger partial charge in [0.15, 0.2) is 5.13 Å². The molecule has 29 heavy (non-hydrogen) atoms. The molecule has 0 aliphatic carbocycles. The summed E-state index contributed by atoms with van der Waals surface area (Å²) in [5.74, 6) is 1.62. The highest BCUT2D eigenvalue weighted by Crippen LogP contribution is 2.24. The molecule has 7 nitrogen and oxygen atoms in total. The van der Waals surface area contributed by atoms with Gasteiger partial charge in [0.1, 0.15) is 17.3 Å². The molecule has 1 N–H and O–H groups in total. The zero-order chi connectivity index (χ0) is 20.2. The van der Waals surface area contributed by atoms with Gasteiger partial charge in [-0.1, -0.05) is 11.6 Å². The van der Waals surface area contributed by atoms with Crippen molar-refractivity contribution in [2.24, 2.45) is 0 Å². The number of pyridine rings is 1. The van der Waals surface area contributed by atoms with Gasteiger partial charge in [0.05, 0.1) is 12.1 Å². The summed E-state index contributed by atoms with van der Waals surface area (Å²) in [4.78, 5) is 25.6. The topological polar surface area (TPSA) is 70.6 Å². The first-order valence-corrected chi connectivity index (χ1v) is 10.4. The van der Waals surface area contributed by atoms with Crippen molar-refractivity contribution < 1.29 is 9.53 Å². The van der Waals surface area contributed by atoms with Crippen LogP contribution in [-0.4, -0.2) is 54.1 Å². The molecule has 2 aromatic heterocycles. The first kappa shape index (κ1) is 19.5. The first-order chi connectivity index (χ1) is 14.1. The lowest BCUT2D eigenvalue weighted by Gasteiger charge is -2.35. The van der Waals surface area contributed by atoms with E-state index in [2.05, 4.69) is 20.2 Å². The first-order valence-electron chi connectivity index (χ1n) is 9.15. The van der Waals surface area contributed by atoms with Gasteiger partial charge in [0.25, 0.3) is 5.91 Å². The SMILES string of the molecule is COc1ccc(Nc2nc(C(=O)N3CCN(c4ccc(Cl)cn4)CC3)cs2)cc1. The van der Waals surface area contributed by atoms with Crippen LogP contribution in [0.4, 0.5) is 16.6 Å². The van der Waals surface area contributed by atoms with Crippen molar-refractivity contribution in [3.8, 4) is 5.75 Å². The molecule has 1 aliphatic heterocycles. The Bertz CT molecular complexity index is 969. The third kappa shape index (κ3) is 4.60. The molecule has 0 unspecified atom stereocenters. The Labute approximate surface area is 177 Å². The Balaban J connectivity index is 1.35. The van der Waals surface area contributed by atoms with E-state index in [9.17, 15) is 4.79 Å². The summed E-state index contributed by atoms with van der Waals surface area (Å²) in [5, 5.41) is 6.31. The van der Waals surface area contributed by atoms with Gasteiger partial charge in [0.2, 0.25) is 0 Å². The standard InChI is InChI=1S/C20H20ClN5O2S/c1-28-16-5-3-15(4-6-16)23-20-24-17(13-29-20)19(27)26-10-8-25(9-11-26)18-7-2-14(21)12-22-18/h2-7,12-13H,8-11H2,1H3,(H,23,24). The maximum absolute atomic E-state index is 12.8. The number of piperazine rings is 1. The van der Waals surface area contributed by atoms with Gasteiger partial charge in [-0.25, -0.2) is 9.97 Å². The molecule has 9 heteroatoms. The van der Waals surface area contributed by atoms with Crippen LogP contribution in [0.3, 0.4) is 0 Å². The van der Waals surface area contributed by atoms with Gasteiger partial charge in [-0.05, 0) is 36.4 Å². The van der Waals surface area contributed by atoms with Crippen molar-refractivity contribution in [1.29, 1.82) is 0 Å². The molecule has 3 aromatic rings. The van der Waals surface area contributed by atoms with Crippen molar-refractivity contribution in [3.63, 3.8) is 0 Å². The van der Waals surface area contributed by atoms with E-state index in [1.165, 1.54) is 11.3 Å². The molecule has 0 saturated carbocycles. The van der Waals surface area contributed by atoms with E-state index in [1.807, 2.05) is 41.3 Å². The van der Waals surface area contributed by atoms with Gasteiger partial charge in [-0.15, -0.1) is 11.3 Å². The minimum absolute atomic E-state index is 0.0484. The Hall–Kier alpha value is -2.84. The lowest BCUT2D eigenvalue weighted by atomic mass is 10.3. The highest BCUT2D eigenvalue weighted by Gasteiger charge is 2.24. The maximum Gasteiger partial charge on any atom is 0.273 e. The molecular weight excluding hydrogens is 410 g/mol. The second-order valence-electron chi connectivity index (χ2n) is 6.51. The second-order valence-corrected chi connectivity index (χ2v) is 7.80. The third-order valence-electron chi connectivity index (χ3n) is 4.67. The average molecular weight is 430 g/mol. The lowest BCUT2D eigenvalue weighted by Crippen LogP contribution is -2.49. The summed E-state index contributed by atoms with van der Waals surface area (Å²) in [6.07, 6.45) is 1.64. The zero-order valence-electron chi connectivity index (χ0n) is 15.8. The fourth-order valence-corrected chi connectivity index (χ4v) is 3.90. The van der Waals surface area contributed by atoms with Gasteiger partial charge >= 0.3 is 0 Å². The highest BCUT2D eigenvalue weighted by molar-refractivity contribution is 7.14.